The minimum atomic E-state index is -1.19. The van der Waals surface area contributed by atoms with Gasteiger partial charge in [-0.1, -0.05) is 18.2 Å². The standard InChI is InChI=1S/C9H7N3O3/c10-9(15)12-6-4-2-1-3-5(6)7(11-12)8(13)14/h1-4H,(H2,10,15)(H,13,14). The van der Waals surface area contributed by atoms with Gasteiger partial charge in [-0.05, 0) is 6.07 Å². The van der Waals surface area contributed by atoms with Crippen molar-refractivity contribution in [3.8, 4) is 0 Å². The summed E-state index contributed by atoms with van der Waals surface area (Å²) in [6.45, 7) is 0. The molecule has 2 aromatic rings. The molecule has 15 heavy (non-hydrogen) atoms. The molecule has 76 valence electrons. The number of carbonyl (C=O) groups excluding carboxylic acids is 1. The van der Waals surface area contributed by atoms with Crippen LogP contribution in [-0.2, 0) is 0 Å². The summed E-state index contributed by atoms with van der Waals surface area (Å²) in [5.41, 5.74) is 5.28. The first-order valence-electron chi connectivity index (χ1n) is 4.12. The molecule has 1 aromatic carbocycles. The van der Waals surface area contributed by atoms with Crippen molar-refractivity contribution in [2.45, 2.75) is 0 Å². The number of primary amides is 1. The average Bonchev–Trinajstić information content (AvgIpc) is 2.56. The van der Waals surface area contributed by atoms with Gasteiger partial charge in [0.05, 0.1) is 5.52 Å². The van der Waals surface area contributed by atoms with Gasteiger partial charge in [0.1, 0.15) is 0 Å². The van der Waals surface area contributed by atoms with Crippen molar-refractivity contribution in [2.24, 2.45) is 5.73 Å². The van der Waals surface area contributed by atoms with E-state index in [1.54, 1.807) is 24.3 Å². The molecule has 0 fully saturated rings. The molecule has 0 saturated carbocycles. The minimum Gasteiger partial charge on any atom is -0.476 e. The molecule has 1 aromatic heterocycles. The first kappa shape index (κ1) is 9.20. The maximum absolute atomic E-state index is 11.0. The van der Waals surface area contributed by atoms with Crippen molar-refractivity contribution in [1.29, 1.82) is 0 Å². The third-order valence-electron chi connectivity index (χ3n) is 2.00. The summed E-state index contributed by atoms with van der Waals surface area (Å²) in [6.07, 6.45) is 0. The van der Waals surface area contributed by atoms with E-state index in [1.165, 1.54) is 0 Å². The number of carboxylic acids is 1. The van der Waals surface area contributed by atoms with Gasteiger partial charge in [0, 0.05) is 5.39 Å². The molecule has 1 amide bonds. The molecule has 0 aliphatic rings. The molecule has 1 heterocycles. The zero-order chi connectivity index (χ0) is 11.0. The van der Waals surface area contributed by atoms with Crippen molar-refractivity contribution < 1.29 is 14.7 Å². The van der Waals surface area contributed by atoms with Gasteiger partial charge in [-0.15, -0.1) is 0 Å². The van der Waals surface area contributed by atoms with E-state index in [-0.39, 0.29) is 5.69 Å². The van der Waals surface area contributed by atoms with Crippen molar-refractivity contribution in [2.75, 3.05) is 0 Å². The third kappa shape index (κ3) is 1.32. The summed E-state index contributed by atoms with van der Waals surface area (Å²) in [4.78, 5) is 21.8. The number of amides is 1. The molecule has 6 nitrogen and oxygen atoms in total. The Kier molecular flexibility index (Phi) is 1.89. The number of rotatable bonds is 1. The Hall–Kier alpha value is -2.37. The maximum Gasteiger partial charge on any atom is 0.357 e. The van der Waals surface area contributed by atoms with E-state index in [0.717, 1.165) is 4.68 Å². The Bertz CT molecular complexity index is 511. The van der Waals surface area contributed by atoms with Crippen LogP contribution in [-0.4, -0.2) is 26.9 Å². The van der Waals surface area contributed by atoms with Crippen LogP contribution in [0.2, 0.25) is 0 Å². The van der Waals surface area contributed by atoms with Gasteiger partial charge in [0.2, 0.25) is 0 Å². The summed E-state index contributed by atoms with van der Waals surface area (Å²) >= 11 is 0. The van der Waals surface area contributed by atoms with Gasteiger partial charge in [0.15, 0.2) is 5.69 Å². The number of aromatic carboxylic acids is 1. The fourth-order valence-electron chi connectivity index (χ4n) is 1.39. The predicted molar refractivity (Wildman–Crippen MR) is 51.7 cm³/mol. The number of hydrogen-bond acceptors (Lipinski definition) is 3. The van der Waals surface area contributed by atoms with Crippen LogP contribution in [0.1, 0.15) is 10.5 Å². The van der Waals surface area contributed by atoms with Crippen molar-refractivity contribution >= 4 is 22.9 Å². The molecule has 3 N–H and O–H groups in total. The van der Waals surface area contributed by atoms with E-state index in [2.05, 4.69) is 5.10 Å². The molecule has 0 atom stereocenters. The lowest BCUT2D eigenvalue weighted by Gasteiger charge is -1.94. The highest BCUT2D eigenvalue weighted by Gasteiger charge is 2.17. The van der Waals surface area contributed by atoms with Gasteiger partial charge in [-0.3, -0.25) is 0 Å². The molecular weight excluding hydrogens is 198 g/mol. The van der Waals surface area contributed by atoms with E-state index in [0.29, 0.717) is 10.9 Å². The largest absolute Gasteiger partial charge is 0.476 e. The summed E-state index contributed by atoms with van der Waals surface area (Å²) in [5, 5.41) is 12.9. The second-order valence-electron chi connectivity index (χ2n) is 2.92. The highest BCUT2D eigenvalue weighted by Crippen LogP contribution is 2.17. The number of hydrogen-bond donors (Lipinski definition) is 2. The van der Waals surface area contributed by atoms with E-state index >= 15 is 0 Å². The third-order valence-corrected chi connectivity index (χ3v) is 2.00. The highest BCUT2D eigenvalue weighted by molar-refractivity contribution is 6.03. The molecular formula is C9H7N3O3. The lowest BCUT2D eigenvalue weighted by Crippen LogP contribution is -2.21. The predicted octanol–water partition coefficient (Wildman–Crippen LogP) is 0.661. The molecule has 0 radical (unpaired) electrons. The van der Waals surface area contributed by atoms with Crippen LogP contribution in [0, 0.1) is 0 Å². The zero-order valence-electron chi connectivity index (χ0n) is 7.54. The summed E-state index contributed by atoms with van der Waals surface area (Å²) in [5.74, 6) is -1.19. The zero-order valence-corrected chi connectivity index (χ0v) is 7.54. The molecule has 0 spiro atoms. The molecule has 0 saturated heterocycles. The number of carboxylic acid groups (broad SMARTS) is 1. The number of nitrogens with zero attached hydrogens (tertiary/aromatic N) is 2. The lowest BCUT2D eigenvalue weighted by atomic mass is 10.2. The minimum absolute atomic E-state index is 0.176. The topological polar surface area (TPSA) is 98.2 Å². The molecule has 6 heteroatoms. The summed E-state index contributed by atoms with van der Waals surface area (Å²) in [7, 11) is 0. The number of benzene rings is 1. The van der Waals surface area contributed by atoms with E-state index < -0.39 is 12.0 Å². The first-order chi connectivity index (χ1) is 7.11. The number of para-hydroxylation sites is 1. The Labute approximate surface area is 83.9 Å². The Morgan fingerprint density at radius 1 is 1.33 bits per heavy atom. The summed E-state index contributed by atoms with van der Waals surface area (Å²) in [6, 6.07) is 5.69. The van der Waals surface area contributed by atoms with Crippen LogP contribution in [0.15, 0.2) is 24.3 Å². The Morgan fingerprint density at radius 2 is 2.00 bits per heavy atom. The van der Waals surface area contributed by atoms with E-state index in [9.17, 15) is 9.59 Å². The summed E-state index contributed by atoms with van der Waals surface area (Å²) < 4.78 is 0.874. The smallest absolute Gasteiger partial charge is 0.357 e. The van der Waals surface area contributed by atoms with Crippen LogP contribution < -0.4 is 5.73 Å². The van der Waals surface area contributed by atoms with Crippen LogP contribution in [0.25, 0.3) is 10.9 Å². The van der Waals surface area contributed by atoms with Gasteiger partial charge in [-0.25, -0.2) is 9.59 Å². The fourth-order valence-corrected chi connectivity index (χ4v) is 1.39. The van der Waals surface area contributed by atoms with E-state index in [1.807, 2.05) is 0 Å². The Balaban J connectivity index is 2.85. The number of nitrogens with two attached hydrogens (primary N) is 1. The molecule has 0 bridgehead atoms. The molecule has 2 rings (SSSR count). The lowest BCUT2D eigenvalue weighted by molar-refractivity contribution is 0.0692. The van der Waals surface area contributed by atoms with Gasteiger partial charge in [-0.2, -0.15) is 9.78 Å². The number of aromatic nitrogens is 2. The second kappa shape index (κ2) is 3.09. The molecule has 0 aliphatic carbocycles. The maximum atomic E-state index is 11.0. The Morgan fingerprint density at radius 3 is 2.60 bits per heavy atom. The second-order valence-corrected chi connectivity index (χ2v) is 2.92. The molecule has 0 aliphatic heterocycles. The number of carbonyl (C=O) groups is 2. The molecule has 0 unspecified atom stereocenters. The van der Waals surface area contributed by atoms with Gasteiger partial charge < -0.3 is 10.8 Å². The number of fused-ring (bicyclic) bond motifs is 1. The van der Waals surface area contributed by atoms with Crippen LogP contribution >= 0.6 is 0 Å². The monoisotopic (exact) mass is 205 g/mol. The first-order valence-corrected chi connectivity index (χ1v) is 4.12. The van der Waals surface area contributed by atoms with Crippen LogP contribution in [0.4, 0.5) is 4.79 Å². The van der Waals surface area contributed by atoms with Gasteiger partial charge >= 0.3 is 12.0 Å². The van der Waals surface area contributed by atoms with Crippen LogP contribution in [0.5, 0.6) is 0 Å². The van der Waals surface area contributed by atoms with Crippen molar-refractivity contribution in [3.05, 3.63) is 30.0 Å². The highest BCUT2D eigenvalue weighted by atomic mass is 16.4. The fraction of sp³-hybridized carbons (Fsp3) is 0. The van der Waals surface area contributed by atoms with Crippen LogP contribution in [0.3, 0.4) is 0 Å². The van der Waals surface area contributed by atoms with Crippen molar-refractivity contribution in [3.63, 3.8) is 0 Å². The normalized spacial score (nSPS) is 10.4. The average molecular weight is 205 g/mol. The SMILES string of the molecule is NC(=O)n1nc(C(=O)O)c2ccccc21. The van der Waals surface area contributed by atoms with Crippen molar-refractivity contribution in [1.82, 2.24) is 9.78 Å². The van der Waals surface area contributed by atoms with E-state index in [4.69, 9.17) is 10.8 Å². The van der Waals surface area contributed by atoms with Gasteiger partial charge in [0.25, 0.3) is 0 Å². The quantitative estimate of drug-likeness (QED) is 0.714.